The van der Waals surface area contributed by atoms with Crippen LogP contribution in [0.4, 0.5) is 0 Å². The molecule has 2 bridgehead atoms. The molecular formula is C6H11NO. The number of hydrogen-bond acceptors (Lipinski definition) is 2. The van der Waals surface area contributed by atoms with Crippen LogP contribution >= 0.6 is 0 Å². The molecule has 8 heavy (non-hydrogen) atoms. The van der Waals surface area contributed by atoms with Crippen LogP contribution in [-0.4, -0.2) is 25.3 Å². The van der Waals surface area contributed by atoms with E-state index in [9.17, 15) is 0 Å². The van der Waals surface area contributed by atoms with Crippen LogP contribution in [0.15, 0.2) is 0 Å². The number of hydrogen-bond donors (Lipinski definition) is 1. The molecule has 3 heterocycles. The van der Waals surface area contributed by atoms with Gasteiger partial charge in [-0.2, -0.15) is 0 Å². The molecule has 0 aromatic rings. The molecule has 3 rings (SSSR count). The van der Waals surface area contributed by atoms with E-state index in [1.54, 1.807) is 0 Å². The van der Waals surface area contributed by atoms with Gasteiger partial charge >= 0.3 is 0 Å². The van der Waals surface area contributed by atoms with Gasteiger partial charge in [-0.25, -0.2) is 0 Å². The lowest BCUT2D eigenvalue weighted by Gasteiger charge is -2.36. The molecule has 3 aliphatic rings. The number of nitrogens with one attached hydrogen (secondary N) is 1. The third kappa shape index (κ3) is 0.644. The highest BCUT2D eigenvalue weighted by molar-refractivity contribution is 4.83. The quantitative estimate of drug-likeness (QED) is 0.482. The highest BCUT2D eigenvalue weighted by atomic mass is 16.5. The minimum absolute atomic E-state index is 0.542. The summed E-state index contributed by atoms with van der Waals surface area (Å²) in [6.45, 7) is 2.04. The van der Waals surface area contributed by atoms with E-state index in [0.717, 1.165) is 13.2 Å². The molecule has 0 unspecified atom stereocenters. The maximum absolute atomic E-state index is 5.41. The maximum atomic E-state index is 5.41. The molecule has 0 saturated carbocycles. The van der Waals surface area contributed by atoms with Crippen molar-refractivity contribution in [3.8, 4) is 0 Å². The molecule has 0 aliphatic carbocycles. The van der Waals surface area contributed by atoms with E-state index < -0.39 is 0 Å². The Morgan fingerprint density at radius 1 is 1.38 bits per heavy atom. The summed E-state index contributed by atoms with van der Waals surface area (Å²) in [7, 11) is 0. The largest absolute Gasteiger partial charge is 0.375 e. The van der Waals surface area contributed by atoms with Gasteiger partial charge in [-0.3, -0.25) is 0 Å². The molecule has 0 spiro atoms. The normalized spacial score (nSPS) is 45.0. The summed E-state index contributed by atoms with van der Waals surface area (Å²) in [5.74, 6) is 0. The molecule has 3 saturated heterocycles. The minimum atomic E-state index is 0.542. The monoisotopic (exact) mass is 113 g/mol. The smallest absolute Gasteiger partial charge is 0.0700 e. The Hall–Kier alpha value is -0.0800. The molecule has 2 nitrogen and oxygen atoms in total. The summed E-state index contributed by atoms with van der Waals surface area (Å²) in [4.78, 5) is 0. The van der Waals surface area contributed by atoms with Gasteiger partial charge in [0.25, 0.3) is 0 Å². The van der Waals surface area contributed by atoms with Crippen molar-refractivity contribution in [3.05, 3.63) is 0 Å². The van der Waals surface area contributed by atoms with Crippen LogP contribution in [0.5, 0.6) is 0 Å². The molecular weight excluding hydrogens is 102 g/mol. The van der Waals surface area contributed by atoms with Crippen LogP contribution < -0.4 is 5.32 Å². The number of rotatable bonds is 0. The molecule has 2 heteroatoms. The minimum Gasteiger partial charge on any atom is -0.375 e. The van der Waals surface area contributed by atoms with E-state index in [4.69, 9.17) is 4.74 Å². The Labute approximate surface area is 49.2 Å². The van der Waals surface area contributed by atoms with E-state index in [-0.39, 0.29) is 0 Å². The highest BCUT2D eigenvalue weighted by Crippen LogP contribution is 2.17. The second-order valence-corrected chi connectivity index (χ2v) is 2.64. The van der Waals surface area contributed by atoms with Gasteiger partial charge in [-0.05, 0) is 12.8 Å². The van der Waals surface area contributed by atoms with Gasteiger partial charge in [0.15, 0.2) is 0 Å². The first-order valence-electron chi connectivity index (χ1n) is 3.30. The standard InChI is InChI=1S/C6H11NO/c1-2-6-3-7-5(1)4-8-6/h5-7H,1-4H2/t5-,6-/m0/s1. The van der Waals surface area contributed by atoms with Gasteiger partial charge < -0.3 is 10.1 Å². The van der Waals surface area contributed by atoms with E-state index in [1.807, 2.05) is 0 Å². The van der Waals surface area contributed by atoms with Crippen molar-refractivity contribution >= 4 is 0 Å². The Bertz CT molecular complexity index is 63.5. The molecule has 2 atom stereocenters. The summed E-state index contributed by atoms with van der Waals surface area (Å²) in [5.41, 5.74) is 0. The van der Waals surface area contributed by atoms with Crippen molar-refractivity contribution in [2.45, 2.75) is 25.0 Å². The van der Waals surface area contributed by atoms with Gasteiger partial charge in [0, 0.05) is 12.6 Å². The Kier molecular flexibility index (Phi) is 1.02. The van der Waals surface area contributed by atoms with Crippen LogP contribution in [0.1, 0.15) is 12.8 Å². The average Bonchev–Trinajstić information content (AvgIpc) is 1.92. The Morgan fingerprint density at radius 3 is 2.50 bits per heavy atom. The molecule has 3 aliphatic heterocycles. The van der Waals surface area contributed by atoms with Crippen molar-refractivity contribution in [1.29, 1.82) is 0 Å². The lowest BCUT2D eigenvalue weighted by molar-refractivity contribution is -0.0385. The number of ether oxygens (including phenoxy) is 1. The number of morpholine rings is 1. The first-order chi connectivity index (χ1) is 3.95. The average molecular weight is 113 g/mol. The molecule has 3 fully saturated rings. The third-order valence-corrected chi connectivity index (χ3v) is 2.00. The van der Waals surface area contributed by atoms with Crippen LogP contribution in [0.25, 0.3) is 0 Å². The van der Waals surface area contributed by atoms with E-state index >= 15 is 0 Å². The third-order valence-electron chi connectivity index (χ3n) is 2.00. The van der Waals surface area contributed by atoms with E-state index in [2.05, 4.69) is 5.32 Å². The number of piperidine rings is 1. The zero-order valence-corrected chi connectivity index (χ0v) is 4.89. The summed E-state index contributed by atoms with van der Waals surface area (Å²) in [6, 6.07) is 0.681. The zero-order chi connectivity index (χ0) is 5.40. The summed E-state index contributed by atoms with van der Waals surface area (Å²) >= 11 is 0. The molecule has 1 N–H and O–H groups in total. The van der Waals surface area contributed by atoms with Gasteiger partial charge in [0.1, 0.15) is 0 Å². The lowest BCUT2D eigenvalue weighted by Crippen LogP contribution is -2.51. The zero-order valence-electron chi connectivity index (χ0n) is 4.89. The van der Waals surface area contributed by atoms with Gasteiger partial charge in [0.05, 0.1) is 12.7 Å². The summed E-state index contributed by atoms with van der Waals surface area (Å²) < 4.78 is 5.41. The topological polar surface area (TPSA) is 21.3 Å². The fourth-order valence-corrected chi connectivity index (χ4v) is 1.43. The lowest BCUT2D eigenvalue weighted by atomic mass is 10.0. The van der Waals surface area contributed by atoms with Crippen molar-refractivity contribution in [2.75, 3.05) is 13.2 Å². The second-order valence-electron chi connectivity index (χ2n) is 2.64. The SMILES string of the molecule is C1C[C@H]2CN[C@@H]1CO2. The van der Waals surface area contributed by atoms with E-state index in [1.165, 1.54) is 12.8 Å². The van der Waals surface area contributed by atoms with Gasteiger partial charge in [-0.15, -0.1) is 0 Å². The van der Waals surface area contributed by atoms with Crippen molar-refractivity contribution < 1.29 is 4.74 Å². The Balaban J connectivity index is 2.03. The van der Waals surface area contributed by atoms with Crippen molar-refractivity contribution in [3.63, 3.8) is 0 Å². The van der Waals surface area contributed by atoms with Gasteiger partial charge in [-0.1, -0.05) is 0 Å². The fourth-order valence-electron chi connectivity index (χ4n) is 1.43. The molecule has 0 radical (unpaired) electrons. The van der Waals surface area contributed by atoms with Crippen molar-refractivity contribution in [1.82, 2.24) is 5.32 Å². The van der Waals surface area contributed by atoms with Crippen LogP contribution in [0, 0.1) is 0 Å². The summed E-state index contributed by atoms with van der Waals surface area (Å²) in [5, 5.41) is 3.39. The first-order valence-corrected chi connectivity index (χ1v) is 3.30. The predicted octanol–water partition coefficient (Wildman–Crippen LogP) is 0.137. The highest BCUT2D eigenvalue weighted by Gasteiger charge is 2.26. The van der Waals surface area contributed by atoms with Gasteiger partial charge in [0.2, 0.25) is 0 Å². The van der Waals surface area contributed by atoms with Crippen molar-refractivity contribution in [2.24, 2.45) is 0 Å². The summed E-state index contributed by atoms with van der Waals surface area (Å²) in [6.07, 6.45) is 3.14. The van der Waals surface area contributed by atoms with Crippen LogP contribution in [-0.2, 0) is 4.74 Å². The first kappa shape index (κ1) is 4.77. The molecule has 46 valence electrons. The molecule has 0 aromatic carbocycles. The fraction of sp³-hybridized carbons (Fsp3) is 1.00. The predicted molar refractivity (Wildman–Crippen MR) is 30.8 cm³/mol. The number of fused-ring (bicyclic) bond motifs is 3. The van der Waals surface area contributed by atoms with E-state index in [0.29, 0.717) is 12.1 Å². The second kappa shape index (κ2) is 1.71. The van der Waals surface area contributed by atoms with Crippen LogP contribution in [0.3, 0.4) is 0 Å². The molecule has 0 amide bonds. The van der Waals surface area contributed by atoms with Crippen LogP contribution in [0.2, 0.25) is 0 Å². The Morgan fingerprint density at radius 2 is 2.38 bits per heavy atom. The molecule has 0 aromatic heterocycles. The maximum Gasteiger partial charge on any atom is 0.0700 e.